The van der Waals surface area contributed by atoms with E-state index in [4.69, 9.17) is 5.11 Å². The molecule has 0 aromatic heterocycles. The number of benzene rings is 1. The zero-order valence-electron chi connectivity index (χ0n) is 9.63. The fourth-order valence-corrected chi connectivity index (χ4v) is 1.76. The minimum Gasteiger partial charge on any atom is -0.478 e. The third-order valence-corrected chi connectivity index (χ3v) is 2.70. The number of alkyl halides is 3. The smallest absolute Gasteiger partial charge is 0.411 e. The summed E-state index contributed by atoms with van der Waals surface area (Å²) < 4.78 is 40.3. The molecule has 1 aromatic carbocycles. The molecule has 0 spiro atoms. The SMILES string of the molecule is O=C(O)c1ccc(NCCOCC(F)(F)F)c(Br)c1. The molecular formula is C11H11BrF3NO3. The van der Waals surface area contributed by atoms with Crippen LogP contribution in [-0.4, -0.2) is 37.0 Å². The van der Waals surface area contributed by atoms with E-state index >= 15 is 0 Å². The maximum Gasteiger partial charge on any atom is 0.411 e. The number of carbonyl (C=O) groups is 1. The van der Waals surface area contributed by atoms with Crippen molar-refractivity contribution in [2.75, 3.05) is 25.1 Å². The van der Waals surface area contributed by atoms with Crippen molar-refractivity contribution < 1.29 is 27.8 Å². The van der Waals surface area contributed by atoms with Crippen molar-refractivity contribution in [1.82, 2.24) is 0 Å². The van der Waals surface area contributed by atoms with Crippen molar-refractivity contribution in [1.29, 1.82) is 0 Å². The summed E-state index contributed by atoms with van der Waals surface area (Å²) in [5.41, 5.74) is 0.700. The molecular weight excluding hydrogens is 331 g/mol. The average Bonchev–Trinajstić information content (AvgIpc) is 2.28. The van der Waals surface area contributed by atoms with Crippen LogP contribution in [0.15, 0.2) is 22.7 Å². The first kappa shape index (κ1) is 15.8. The number of carboxylic acids is 1. The summed E-state index contributed by atoms with van der Waals surface area (Å²) in [6, 6.07) is 4.32. The number of halogens is 4. The van der Waals surface area contributed by atoms with Crippen molar-refractivity contribution in [3.05, 3.63) is 28.2 Å². The molecule has 106 valence electrons. The molecule has 0 aliphatic rings. The van der Waals surface area contributed by atoms with E-state index in [-0.39, 0.29) is 18.7 Å². The van der Waals surface area contributed by atoms with Gasteiger partial charge < -0.3 is 15.2 Å². The number of hydrogen-bond acceptors (Lipinski definition) is 3. The predicted molar refractivity (Wildman–Crippen MR) is 66.5 cm³/mol. The molecule has 0 bridgehead atoms. The van der Waals surface area contributed by atoms with Crippen LogP contribution >= 0.6 is 15.9 Å². The van der Waals surface area contributed by atoms with Gasteiger partial charge in [-0.05, 0) is 34.1 Å². The summed E-state index contributed by atoms with van der Waals surface area (Å²) in [5.74, 6) is -1.05. The zero-order chi connectivity index (χ0) is 14.5. The average molecular weight is 342 g/mol. The first-order valence-corrected chi connectivity index (χ1v) is 6.00. The Morgan fingerprint density at radius 3 is 2.63 bits per heavy atom. The molecule has 4 nitrogen and oxygen atoms in total. The van der Waals surface area contributed by atoms with Gasteiger partial charge in [-0.15, -0.1) is 0 Å². The van der Waals surface area contributed by atoms with Crippen LogP contribution in [0, 0.1) is 0 Å². The summed E-state index contributed by atoms with van der Waals surface area (Å²) in [7, 11) is 0. The monoisotopic (exact) mass is 341 g/mol. The summed E-state index contributed by atoms with van der Waals surface area (Å²) in [6.07, 6.45) is -4.33. The van der Waals surface area contributed by atoms with E-state index < -0.39 is 18.8 Å². The lowest BCUT2D eigenvalue weighted by atomic mass is 10.2. The largest absolute Gasteiger partial charge is 0.478 e. The first-order chi connectivity index (χ1) is 8.79. The molecule has 0 aliphatic heterocycles. The van der Waals surface area contributed by atoms with Crippen molar-refractivity contribution >= 4 is 27.6 Å². The van der Waals surface area contributed by atoms with Gasteiger partial charge >= 0.3 is 12.1 Å². The Kier molecular flexibility index (Phi) is 5.61. The maximum atomic E-state index is 11.8. The van der Waals surface area contributed by atoms with Crippen molar-refractivity contribution in [3.8, 4) is 0 Å². The summed E-state index contributed by atoms with van der Waals surface area (Å²) in [5, 5.41) is 11.6. The molecule has 0 aliphatic carbocycles. The van der Waals surface area contributed by atoms with Gasteiger partial charge in [0.1, 0.15) is 6.61 Å². The Labute approximate surface area is 115 Å². The quantitative estimate of drug-likeness (QED) is 0.780. The Hall–Kier alpha value is -1.28. The highest BCUT2D eigenvalue weighted by molar-refractivity contribution is 9.10. The lowest BCUT2D eigenvalue weighted by Crippen LogP contribution is -2.20. The van der Waals surface area contributed by atoms with Gasteiger partial charge in [-0.2, -0.15) is 13.2 Å². The van der Waals surface area contributed by atoms with E-state index in [1.807, 2.05) is 0 Å². The summed E-state index contributed by atoms with van der Waals surface area (Å²) >= 11 is 3.17. The van der Waals surface area contributed by atoms with E-state index in [2.05, 4.69) is 26.0 Å². The van der Waals surface area contributed by atoms with Gasteiger partial charge in [-0.1, -0.05) is 0 Å². The van der Waals surface area contributed by atoms with E-state index in [0.717, 1.165) is 0 Å². The molecule has 0 heterocycles. The molecule has 8 heteroatoms. The minimum atomic E-state index is -4.33. The number of ether oxygens (including phenoxy) is 1. The number of aromatic carboxylic acids is 1. The van der Waals surface area contributed by atoms with E-state index in [9.17, 15) is 18.0 Å². The Balaban J connectivity index is 2.40. The van der Waals surface area contributed by atoms with Gasteiger partial charge in [0.25, 0.3) is 0 Å². The molecule has 0 amide bonds. The molecule has 0 atom stereocenters. The molecule has 0 saturated carbocycles. The highest BCUT2D eigenvalue weighted by Crippen LogP contribution is 2.23. The van der Waals surface area contributed by atoms with Crippen LogP contribution in [0.3, 0.4) is 0 Å². The number of carboxylic acid groups (broad SMARTS) is 1. The molecule has 0 fully saturated rings. The van der Waals surface area contributed by atoms with Crippen molar-refractivity contribution in [2.24, 2.45) is 0 Å². The van der Waals surface area contributed by atoms with Crippen LogP contribution in [0.5, 0.6) is 0 Å². The Bertz CT molecular complexity index is 451. The lowest BCUT2D eigenvalue weighted by molar-refractivity contribution is -0.172. The second kappa shape index (κ2) is 6.76. The van der Waals surface area contributed by atoms with Gasteiger partial charge in [-0.25, -0.2) is 4.79 Å². The zero-order valence-corrected chi connectivity index (χ0v) is 11.2. The number of hydrogen-bond donors (Lipinski definition) is 2. The second-order valence-corrected chi connectivity index (χ2v) is 4.45. The van der Waals surface area contributed by atoms with Crippen LogP contribution in [0.4, 0.5) is 18.9 Å². The van der Waals surface area contributed by atoms with E-state index in [1.54, 1.807) is 0 Å². The second-order valence-electron chi connectivity index (χ2n) is 3.59. The standard InChI is InChI=1S/C11H11BrF3NO3/c12-8-5-7(10(17)18)1-2-9(8)16-3-4-19-6-11(13,14)15/h1-2,5,16H,3-4,6H2,(H,17,18). The van der Waals surface area contributed by atoms with Crippen LogP contribution in [0.1, 0.15) is 10.4 Å². The predicted octanol–water partition coefficient (Wildman–Crippen LogP) is 3.14. The van der Waals surface area contributed by atoms with Crippen molar-refractivity contribution in [3.63, 3.8) is 0 Å². The van der Waals surface area contributed by atoms with Crippen LogP contribution in [0.25, 0.3) is 0 Å². The summed E-state index contributed by atoms with van der Waals surface area (Å²) in [4.78, 5) is 10.7. The third kappa shape index (κ3) is 5.93. The van der Waals surface area contributed by atoms with Crippen molar-refractivity contribution in [2.45, 2.75) is 6.18 Å². The Morgan fingerprint density at radius 2 is 2.11 bits per heavy atom. The van der Waals surface area contributed by atoms with Crippen LogP contribution in [-0.2, 0) is 4.74 Å². The lowest BCUT2D eigenvalue weighted by Gasteiger charge is -2.10. The molecule has 0 saturated heterocycles. The van der Waals surface area contributed by atoms with Gasteiger partial charge in [0, 0.05) is 16.7 Å². The minimum absolute atomic E-state index is 0.105. The fraction of sp³-hybridized carbons (Fsp3) is 0.364. The van der Waals surface area contributed by atoms with Gasteiger partial charge in [0.05, 0.1) is 12.2 Å². The molecule has 1 aromatic rings. The molecule has 0 radical (unpaired) electrons. The third-order valence-electron chi connectivity index (χ3n) is 2.04. The number of nitrogens with one attached hydrogen (secondary N) is 1. The first-order valence-electron chi connectivity index (χ1n) is 5.21. The molecule has 1 rings (SSSR count). The molecule has 2 N–H and O–H groups in total. The van der Waals surface area contributed by atoms with Crippen LogP contribution in [0.2, 0.25) is 0 Å². The molecule has 19 heavy (non-hydrogen) atoms. The Morgan fingerprint density at radius 1 is 1.42 bits per heavy atom. The number of anilines is 1. The topological polar surface area (TPSA) is 58.6 Å². The number of rotatable bonds is 6. The van der Waals surface area contributed by atoms with Gasteiger partial charge in [0.15, 0.2) is 0 Å². The molecule has 0 unspecified atom stereocenters. The van der Waals surface area contributed by atoms with E-state index in [1.165, 1.54) is 18.2 Å². The summed E-state index contributed by atoms with van der Waals surface area (Å²) in [6.45, 7) is -1.21. The normalized spacial score (nSPS) is 11.4. The van der Waals surface area contributed by atoms with Gasteiger partial charge in [0.2, 0.25) is 0 Å². The fourth-order valence-electron chi connectivity index (χ4n) is 1.24. The van der Waals surface area contributed by atoms with Gasteiger partial charge in [-0.3, -0.25) is 0 Å². The van der Waals surface area contributed by atoms with E-state index in [0.29, 0.717) is 10.2 Å². The maximum absolute atomic E-state index is 11.8. The highest BCUT2D eigenvalue weighted by Gasteiger charge is 2.27. The highest BCUT2D eigenvalue weighted by atomic mass is 79.9. The van der Waals surface area contributed by atoms with Crippen LogP contribution < -0.4 is 5.32 Å².